The van der Waals surface area contributed by atoms with E-state index in [2.05, 4.69) is 13.8 Å². The van der Waals surface area contributed by atoms with Crippen LogP contribution in [-0.2, 0) is 19.1 Å². The highest BCUT2D eigenvalue weighted by molar-refractivity contribution is 7.86. The molecule has 0 amide bonds. The molecule has 1 rings (SSSR count). The van der Waals surface area contributed by atoms with Gasteiger partial charge in [-0.2, -0.15) is 8.42 Å². The SMILES string of the molecule is C/C(=C\CCOS(=O)(=O)c1ccc(C)cc1)CC[C@H](/C=C/C=O)C(C)C. The van der Waals surface area contributed by atoms with E-state index in [-0.39, 0.29) is 11.5 Å². The number of rotatable bonds is 11. The summed E-state index contributed by atoms with van der Waals surface area (Å²) >= 11 is 0. The van der Waals surface area contributed by atoms with E-state index >= 15 is 0 Å². The topological polar surface area (TPSA) is 60.4 Å². The van der Waals surface area contributed by atoms with Crippen molar-refractivity contribution in [3.8, 4) is 0 Å². The van der Waals surface area contributed by atoms with Crippen molar-refractivity contribution in [2.24, 2.45) is 11.8 Å². The third-order valence-electron chi connectivity index (χ3n) is 4.32. The number of carbonyl (C=O) groups excluding carboxylic acids is 1. The standard InChI is InChI=1S/C21H30O4S/c1-17(2)20(8-5-15-22)12-9-18(3)7-6-16-25-26(23,24)21-13-10-19(4)11-14-21/h5,7-8,10-11,13-15,17,20H,6,9,12,16H2,1-4H3/b8-5+,18-7+/t20-/m0/s1. The van der Waals surface area contributed by atoms with Crippen LogP contribution in [0.5, 0.6) is 0 Å². The van der Waals surface area contributed by atoms with Gasteiger partial charge in [0.05, 0.1) is 11.5 Å². The lowest BCUT2D eigenvalue weighted by molar-refractivity contribution is -0.104. The van der Waals surface area contributed by atoms with Crippen molar-refractivity contribution in [3.05, 3.63) is 53.6 Å². The Hall–Kier alpha value is -1.72. The van der Waals surface area contributed by atoms with E-state index in [0.29, 0.717) is 18.3 Å². The molecule has 0 spiro atoms. The minimum absolute atomic E-state index is 0.131. The van der Waals surface area contributed by atoms with E-state index in [4.69, 9.17) is 4.18 Å². The van der Waals surface area contributed by atoms with Gasteiger partial charge in [0.25, 0.3) is 10.1 Å². The molecule has 5 heteroatoms. The molecule has 144 valence electrons. The van der Waals surface area contributed by atoms with Gasteiger partial charge in [-0.05, 0) is 63.2 Å². The first-order valence-corrected chi connectivity index (χ1v) is 10.4. The van der Waals surface area contributed by atoms with Crippen molar-refractivity contribution < 1.29 is 17.4 Å². The summed E-state index contributed by atoms with van der Waals surface area (Å²) in [6.45, 7) is 8.36. The molecule has 0 saturated heterocycles. The van der Waals surface area contributed by atoms with Gasteiger partial charge < -0.3 is 0 Å². The zero-order valence-electron chi connectivity index (χ0n) is 16.1. The molecule has 0 aliphatic heterocycles. The summed E-state index contributed by atoms with van der Waals surface area (Å²) in [6, 6.07) is 6.63. The van der Waals surface area contributed by atoms with Gasteiger partial charge in [0.1, 0.15) is 6.29 Å². The molecule has 0 heterocycles. The fraction of sp³-hybridized carbons (Fsp3) is 0.476. The van der Waals surface area contributed by atoms with Crippen LogP contribution in [0.1, 0.15) is 45.6 Å². The summed E-state index contributed by atoms with van der Waals surface area (Å²) in [6.07, 6.45) is 8.78. The van der Waals surface area contributed by atoms with E-state index in [1.54, 1.807) is 30.3 Å². The zero-order valence-corrected chi connectivity index (χ0v) is 17.0. The summed E-state index contributed by atoms with van der Waals surface area (Å²) in [5.41, 5.74) is 2.21. The Morgan fingerprint density at radius 3 is 2.42 bits per heavy atom. The maximum Gasteiger partial charge on any atom is 0.296 e. The first-order valence-electron chi connectivity index (χ1n) is 9.00. The average molecular weight is 379 g/mol. The Morgan fingerprint density at radius 1 is 1.19 bits per heavy atom. The molecule has 0 fully saturated rings. The third-order valence-corrected chi connectivity index (χ3v) is 5.65. The molecule has 26 heavy (non-hydrogen) atoms. The number of benzene rings is 1. The quantitative estimate of drug-likeness (QED) is 0.182. The van der Waals surface area contributed by atoms with E-state index < -0.39 is 10.1 Å². The van der Waals surface area contributed by atoms with Crippen LogP contribution >= 0.6 is 0 Å². The Morgan fingerprint density at radius 2 is 1.85 bits per heavy atom. The molecule has 0 aromatic heterocycles. The van der Waals surface area contributed by atoms with Crippen LogP contribution in [0, 0.1) is 18.8 Å². The fourth-order valence-corrected chi connectivity index (χ4v) is 3.49. The molecule has 0 saturated carbocycles. The predicted molar refractivity (Wildman–Crippen MR) is 105 cm³/mol. The van der Waals surface area contributed by atoms with Gasteiger partial charge in [-0.3, -0.25) is 8.98 Å². The van der Waals surface area contributed by atoms with Crippen LogP contribution in [0.25, 0.3) is 0 Å². The van der Waals surface area contributed by atoms with Gasteiger partial charge in [-0.1, -0.05) is 49.3 Å². The second kappa shape index (κ2) is 11.1. The summed E-state index contributed by atoms with van der Waals surface area (Å²) in [5, 5.41) is 0. The van der Waals surface area contributed by atoms with E-state index in [1.165, 1.54) is 5.57 Å². The lowest BCUT2D eigenvalue weighted by atomic mass is 9.89. The Kier molecular flexibility index (Phi) is 9.52. The normalized spacial score (nSPS) is 14.1. The maximum absolute atomic E-state index is 12.1. The zero-order chi connectivity index (χ0) is 19.6. The second-order valence-corrected chi connectivity index (χ2v) is 8.51. The second-order valence-electron chi connectivity index (χ2n) is 6.90. The molecule has 0 N–H and O–H groups in total. The molecule has 1 aromatic rings. The first kappa shape index (κ1) is 22.3. The van der Waals surface area contributed by atoms with Crippen LogP contribution in [-0.4, -0.2) is 21.3 Å². The minimum Gasteiger partial charge on any atom is -0.299 e. The highest BCUT2D eigenvalue weighted by Crippen LogP contribution is 2.21. The van der Waals surface area contributed by atoms with Gasteiger partial charge in [-0.15, -0.1) is 0 Å². The number of allylic oxidation sites excluding steroid dienone is 3. The fourth-order valence-electron chi connectivity index (χ4n) is 2.57. The molecule has 0 radical (unpaired) electrons. The lowest BCUT2D eigenvalue weighted by Crippen LogP contribution is -2.07. The van der Waals surface area contributed by atoms with E-state index in [0.717, 1.165) is 24.7 Å². The van der Waals surface area contributed by atoms with Crippen LogP contribution in [0.15, 0.2) is 53.0 Å². The van der Waals surface area contributed by atoms with Gasteiger partial charge in [0, 0.05) is 0 Å². The van der Waals surface area contributed by atoms with Crippen molar-refractivity contribution in [3.63, 3.8) is 0 Å². The lowest BCUT2D eigenvalue weighted by Gasteiger charge is -2.16. The molecule has 1 atom stereocenters. The number of aryl methyl sites for hydroxylation is 1. The van der Waals surface area contributed by atoms with Crippen LogP contribution in [0.4, 0.5) is 0 Å². The van der Waals surface area contributed by atoms with Gasteiger partial charge >= 0.3 is 0 Å². The number of hydrogen-bond acceptors (Lipinski definition) is 4. The van der Waals surface area contributed by atoms with Gasteiger partial charge in [0.2, 0.25) is 0 Å². The monoisotopic (exact) mass is 378 g/mol. The van der Waals surface area contributed by atoms with Crippen molar-refractivity contribution in [2.45, 2.75) is 51.9 Å². The summed E-state index contributed by atoms with van der Waals surface area (Å²) in [5.74, 6) is 0.837. The molecule has 0 bridgehead atoms. The van der Waals surface area contributed by atoms with E-state index in [9.17, 15) is 13.2 Å². The van der Waals surface area contributed by atoms with Crippen molar-refractivity contribution in [2.75, 3.05) is 6.61 Å². The molecule has 1 aromatic carbocycles. The van der Waals surface area contributed by atoms with Crippen LogP contribution < -0.4 is 0 Å². The van der Waals surface area contributed by atoms with Crippen LogP contribution in [0.3, 0.4) is 0 Å². The first-order chi connectivity index (χ1) is 12.3. The van der Waals surface area contributed by atoms with Crippen LogP contribution in [0.2, 0.25) is 0 Å². The number of carbonyl (C=O) groups is 1. The average Bonchev–Trinajstić information content (AvgIpc) is 2.59. The molecule has 4 nitrogen and oxygen atoms in total. The maximum atomic E-state index is 12.1. The summed E-state index contributed by atoms with van der Waals surface area (Å²) in [4.78, 5) is 10.7. The highest BCUT2D eigenvalue weighted by atomic mass is 32.2. The highest BCUT2D eigenvalue weighted by Gasteiger charge is 2.14. The number of aldehydes is 1. The smallest absolute Gasteiger partial charge is 0.296 e. The Balaban J connectivity index is 2.46. The van der Waals surface area contributed by atoms with Crippen molar-refractivity contribution in [1.29, 1.82) is 0 Å². The van der Waals surface area contributed by atoms with Crippen molar-refractivity contribution in [1.82, 2.24) is 0 Å². The molecule has 0 unspecified atom stereocenters. The van der Waals surface area contributed by atoms with E-state index in [1.807, 2.05) is 26.0 Å². The summed E-state index contributed by atoms with van der Waals surface area (Å²) < 4.78 is 29.3. The van der Waals surface area contributed by atoms with Crippen molar-refractivity contribution >= 4 is 16.4 Å². The Bertz CT molecular complexity index is 713. The largest absolute Gasteiger partial charge is 0.299 e. The minimum atomic E-state index is -3.69. The molecule has 0 aliphatic carbocycles. The van der Waals surface area contributed by atoms with Gasteiger partial charge in [0.15, 0.2) is 0 Å². The predicted octanol–water partition coefficient (Wildman–Crippen LogP) is 4.84. The van der Waals surface area contributed by atoms with Gasteiger partial charge in [-0.25, -0.2) is 0 Å². The molecule has 0 aliphatic rings. The third kappa shape index (κ3) is 8.11. The molecular formula is C21H30O4S. The summed E-state index contributed by atoms with van der Waals surface area (Å²) in [7, 11) is -3.69. The molecular weight excluding hydrogens is 348 g/mol. The number of hydrogen-bond donors (Lipinski definition) is 0. The Labute approximate surface area is 158 Å².